The van der Waals surface area contributed by atoms with Crippen LogP contribution in [0.15, 0.2) is 29.7 Å². The summed E-state index contributed by atoms with van der Waals surface area (Å²) >= 11 is 0. The number of rotatable bonds is 4. The maximum absolute atomic E-state index is 5.18. The standard InChI is InChI=1S/C9H18N6/c1-6-3-4-8(13-6)7(2)12-5-9(14-10)15-11/h8,12-13H,1-5,10-11H2,(H,14,15). The van der Waals surface area contributed by atoms with Crippen molar-refractivity contribution in [2.45, 2.75) is 18.9 Å². The summed E-state index contributed by atoms with van der Waals surface area (Å²) in [5.74, 6) is 10.8. The Morgan fingerprint density at radius 2 is 2.40 bits per heavy atom. The van der Waals surface area contributed by atoms with Gasteiger partial charge in [0.25, 0.3) is 0 Å². The van der Waals surface area contributed by atoms with Crippen LogP contribution < -0.4 is 27.7 Å². The summed E-state index contributed by atoms with van der Waals surface area (Å²) in [6, 6.07) is 0.231. The molecule has 84 valence electrons. The quantitative estimate of drug-likeness (QED) is 0.179. The lowest BCUT2D eigenvalue weighted by Gasteiger charge is -2.16. The van der Waals surface area contributed by atoms with Crippen LogP contribution >= 0.6 is 0 Å². The maximum atomic E-state index is 5.18. The average Bonchev–Trinajstić information content (AvgIpc) is 2.66. The van der Waals surface area contributed by atoms with Gasteiger partial charge < -0.3 is 21.9 Å². The lowest BCUT2D eigenvalue weighted by atomic mass is 10.2. The number of nitrogens with two attached hydrogens (primary N) is 2. The summed E-state index contributed by atoms with van der Waals surface area (Å²) in [6.45, 7) is 8.23. The van der Waals surface area contributed by atoms with E-state index in [4.69, 9.17) is 11.7 Å². The van der Waals surface area contributed by atoms with Crippen molar-refractivity contribution in [3.05, 3.63) is 24.6 Å². The van der Waals surface area contributed by atoms with Crippen molar-refractivity contribution in [1.82, 2.24) is 16.1 Å². The molecule has 0 aromatic rings. The van der Waals surface area contributed by atoms with Crippen molar-refractivity contribution in [2.24, 2.45) is 16.8 Å². The summed E-state index contributed by atoms with van der Waals surface area (Å²) < 4.78 is 0. The number of nitrogens with one attached hydrogen (secondary N) is 3. The Morgan fingerprint density at radius 3 is 2.87 bits per heavy atom. The second-order valence-electron chi connectivity index (χ2n) is 3.44. The Hall–Kier alpha value is -1.69. The molecule has 1 atom stereocenters. The van der Waals surface area contributed by atoms with Crippen LogP contribution in [0.1, 0.15) is 12.8 Å². The predicted octanol–water partition coefficient (Wildman–Crippen LogP) is -0.909. The zero-order valence-corrected chi connectivity index (χ0v) is 8.71. The van der Waals surface area contributed by atoms with Crippen LogP contribution in [0.2, 0.25) is 0 Å². The van der Waals surface area contributed by atoms with Gasteiger partial charge in [-0.25, -0.2) is 5.84 Å². The SMILES string of the molecule is C=C1CCC(C(=C)NC/C(=N/N)NN)N1. The molecule has 15 heavy (non-hydrogen) atoms. The van der Waals surface area contributed by atoms with Crippen LogP contribution in [-0.4, -0.2) is 18.4 Å². The minimum Gasteiger partial charge on any atom is -0.381 e. The van der Waals surface area contributed by atoms with Crippen LogP contribution in [0.4, 0.5) is 0 Å². The van der Waals surface area contributed by atoms with E-state index in [1.165, 1.54) is 0 Å². The molecular weight excluding hydrogens is 192 g/mol. The Bertz CT molecular complexity index is 282. The molecule has 0 aromatic carbocycles. The molecule has 7 N–H and O–H groups in total. The molecular formula is C9H18N6. The van der Waals surface area contributed by atoms with E-state index in [-0.39, 0.29) is 6.04 Å². The first-order chi connectivity index (χ1) is 7.17. The molecule has 0 spiro atoms. The molecule has 1 saturated heterocycles. The third kappa shape index (κ3) is 3.17. The predicted molar refractivity (Wildman–Crippen MR) is 61.4 cm³/mol. The third-order valence-electron chi connectivity index (χ3n) is 2.34. The van der Waals surface area contributed by atoms with Crippen molar-refractivity contribution >= 4 is 5.84 Å². The number of hydrogen-bond acceptors (Lipinski definition) is 5. The lowest BCUT2D eigenvalue weighted by molar-refractivity contribution is 0.652. The van der Waals surface area contributed by atoms with Crippen molar-refractivity contribution in [2.75, 3.05) is 6.54 Å². The van der Waals surface area contributed by atoms with Gasteiger partial charge in [-0.05, 0) is 12.8 Å². The number of hydrazone groups is 1. The fourth-order valence-corrected chi connectivity index (χ4v) is 1.43. The smallest absolute Gasteiger partial charge is 0.155 e. The van der Waals surface area contributed by atoms with Crippen LogP contribution in [0.3, 0.4) is 0 Å². The van der Waals surface area contributed by atoms with Crippen molar-refractivity contribution in [1.29, 1.82) is 0 Å². The van der Waals surface area contributed by atoms with E-state index < -0.39 is 0 Å². The van der Waals surface area contributed by atoms with Crippen LogP contribution in [0, 0.1) is 0 Å². The summed E-state index contributed by atoms with van der Waals surface area (Å²) in [6.07, 6.45) is 1.99. The Balaban J connectivity index is 2.33. The Labute approximate surface area is 89.4 Å². The monoisotopic (exact) mass is 210 g/mol. The number of nitrogens with zero attached hydrogens (tertiary/aromatic N) is 1. The molecule has 0 aromatic heterocycles. The van der Waals surface area contributed by atoms with Gasteiger partial charge in [-0.1, -0.05) is 13.2 Å². The van der Waals surface area contributed by atoms with Crippen molar-refractivity contribution in [3.8, 4) is 0 Å². The fraction of sp³-hybridized carbons (Fsp3) is 0.444. The topological polar surface area (TPSA) is 100 Å². The van der Waals surface area contributed by atoms with Gasteiger partial charge in [-0.15, -0.1) is 0 Å². The highest BCUT2D eigenvalue weighted by atomic mass is 15.3. The van der Waals surface area contributed by atoms with Gasteiger partial charge in [0.05, 0.1) is 12.6 Å². The minimum absolute atomic E-state index is 0.231. The van der Waals surface area contributed by atoms with E-state index in [1.807, 2.05) is 0 Å². The van der Waals surface area contributed by atoms with E-state index in [0.29, 0.717) is 12.4 Å². The number of hydrazine groups is 1. The third-order valence-corrected chi connectivity index (χ3v) is 2.34. The van der Waals surface area contributed by atoms with Gasteiger partial charge in [0.15, 0.2) is 5.84 Å². The molecule has 1 unspecified atom stereocenters. The van der Waals surface area contributed by atoms with Gasteiger partial charge in [-0.2, -0.15) is 5.10 Å². The number of allylic oxidation sites excluding steroid dienone is 1. The molecule has 0 bridgehead atoms. The van der Waals surface area contributed by atoms with E-state index in [2.05, 4.69) is 34.3 Å². The molecule has 0 saturated carbocycles. The van der Waals surface area contributed by atoms with Gasteiger partial charge >= 0.3 is 0 Å². The summed E-state index contributed by atoms with van der Waals surface area (Å²) in [5.41, 5.74) is 4.33. The molecule has 6 nitrogen and oxygen atoms in total. The van der Waals surface area contributed by atoms with Crippen molar-refractivity contribution in [3.63, 3.8) is 0 Å². The number of hydrogen-bond donors (Lipinski definition) is 5. The summed E-state index contributed by atoms with van der Waals surface area (Å²) in [7, 11) is 0. The summed E-state index contributed by atoms with van der Waals surface area (Å²) in [4.78, 5) is 0. The molecule has 1 heterocycles. The molecule has 1 rings (SSSR count). The number of amidine groups is 1. The first-order valence-corrected chi connectivity index (χ1v) is 4.77. The van der Waals surface area contributed by atoms with Gasteiger partial charge in [0.2, 0.25) is 0 Å². The minimum atomic E-state index is 0.231. The van der Waals surface area contributed by atoms with E-state index >= 15 is 0 Å². The molecule has 0 radical (unpaired) electrons. The normalized spacial score (nSPS) is 21.0. The zero-order chi connectivity index (χ0) is 11.3. The van der Waals surface area contributed by atoms with E-state index in [9.17, 15) is 0 Å². The molecule has 1 fully saturated rings. The van der Waals surface area contributed by atoms with Crippen LogP contribution in [0.5, 0.6) is 0 Å². The van der Waals surface area contributed by atoms with Gasteiger partial charge in [0.1, 0.15) is 0 Å². The van der Waals surface area contributed by atoms with Crippen LogP contribution in [-0.2, 0) is 0 Å². The van der Waals surface area contributed by atoms with Crippen molar-refractivity contribution < 1.29 is 0 Å². The second-order valence-corrected chi connectivity index (χ2v) is 3.44. The fourth-order valence-electron chi connectivity index (χ4n) is 1.43. The first-order valence-electron chi connectivity index (χ1n) is 4.77. The maximum Gasteiger partial charge on any atom is 0.155 e. The molecule has 0 amide bonds. The van der Waals surface area contributed by atoms with Gasteiger partial charge in [0, 0.05) is 11.4 Å². The van der Waals surface area contributed by atoms with Crippen LogP contribution in [0.25, 0.3) is 0 Å². The highest BCUT2D eigenvalue weighted by molar-refractivity contribution is 5.83. The lowest BCUT2D eigenvalue weighted by Crippen LogP contribution is -2.41. The second kappa shape index (κ2) is 5.26. The Morgan fingerprint density at radius 1 is 1.67 bits per heavy atom. The molecule has 1 aliphatic heterocycles. The highest BCUT2D eigenvalue weighted by Crippen LogP contribution is 2.17. The van der Waals surface area contributed by atoms with Gasteiger partial charge in [-0.3, -0.25) is 0 Å². The Kier molecular flexibility index (Phi) is 3.99. The summed E-state index contributed by atoms with van der Waals surface area (Å²) in [5, 5.41) is 9.79. The zero-order valence-electron chi connectivity index (χ0n) is 8.71. The molecule has 0 aliphatic carbocycles. The largest absolute Gasteiger partial charge is 0.381 e. The molecule has 6 heteroatoms. The highest BCUT2D eigenvalue weighted by Gasteiger charge is 2.19. The average molecular weight is 210 g/mol. The van der Waals surface area contributed by atoms with E-state index in [0.717, 1.165) is 24.2 Å². The first kappa shape index (κ1) is 11.4. The molecule has 1 aliphatic rings. The van der Waals surface area contributed by atoms with E-state index in [1.54, 1.807) is 0 Å².